The molecule has 6 heteroatoms. The fraction of sp³-hybridized carbons (Fsp3) is 0.500. The van der Waals surface area contributed by atoms with E-state index in [4.69, 9.17) is 0 Å². The molecule has 1 aromatic carbocycles. The number of aliphatic hydroxyl groups is 1. The van der Waals surface area contributed by atoms with Crippen LogP contribution in [0.3, 0.4) is 0 Å². The normalized spacial score (nSPS) is 15.3. The number of anilines is 1. The Kier molecular flexibility index (Phi) is 5.47. The van der Waals surface area contributed by atoms with Gasteiger partial charge in [0.2, 0.25) is 5.13 Å². The number of nitrogens with zero attached hydrogens (tertiary/aromatic N) is 2. The SMILES string of the molecule is CCC(C)C(C)(O)CNc1nnc(Cc2ccc(F)cc2)s1. The van der Waals surface area contributed by atoms with Crippen molar-refractivity contribution < 1.29 is 9.50 Å². The highest BCUT2D eigenvalue weighted by Gasteiger charge is 2.27. The first-order valence-corrected chi connectivity index (χ1v) is 8.25. The summed E-state index contributed by atoms with van der Waals surface area (Å²) in [7, 11) is 0. The standard InChI is InChI=1S/C16H22FN3OS/c1-4-11(2)16(3,21)10-18-15-20-19-14(22-15)9-12-5-7-13(17)8-6-12/h5-8,11,21H,4,9-10H2,1-3H3,(H,18,20). The van der Waals surface area contributed by atoms with Gasteiger partial charge < -0.3 is 10.4 Å². The van der Waals surface area contributed by atoms with Crippen LogP contribution in [0.15, 0.2) is 24.3 Å². The third-order valence-corrected chi connectivity index (χ3v) is 4.89. The van der Waals surface area contributed by atoms with Crippen molar-refractivity contribution in [3.05, 3.63) is 40.7 Å². The molecular formula is C16H22FN3OS. The zero-order valence-electron chi connectivity index (χ0n) is 13.1. The lowest BCUT2D eigenvalue weighted by atomic mass is 9.89. The molecule has 0 saturated carbocycles. The monoisotopic (exact) mass is 323 g/mol. The third kappa shape index (κ3) is 4.48. The Morgan fingerprint density at radius 3 is 2.64 bits per heavy atom. The molecule has 2 unspecified atom stereocenters. The van der Waals surface area contributed by atoms with Crippen molar-refractivity contribution in [3.63, 3.8) is 0 Å². The summed E-state index contributed by atoms with van der Waals surface area (Å²) < 4.78 is 12.9. The zero-order chi connectivity index (χ0) is 16.2. The molecule has 22 heavy (non-hydrogen) atoms. The van der Waals surface area contributed by atoms with E-state index < -0.39 is 5.60 Å². The van der Waals surface area contributed by atoms with E-state index in [0.29, 0.717) is 18.1 Å². The van der Waals surface area contributed by atoms with Gasteiger partial charge in [0.15, 0.2) is 0 Å². The van der Waals surface area contributed by atoms with E-state index in [-0.39, 0.29) is 11.7 Å². The van der Waals surface area contributed by atoms with Crippen LogP contribution in [0.5, 0.6) is 0 Å². The number of nitrogens with one attached hydrogen (secondary N) is 1. The number of hydrogen-bond donors (Lipinski definition) is 2. The lowest BCUT2D eigenvalue weighted by Crippen LogP contribution is -2.39. The Hall–Kier alpha value is -1.53. The molecule has 2 aromatic rings. The van der Waals surface area contributed by atoms with Crippen molar-refractivity contribution in [1.29, 1.82) is 0 Å². The van der Waals surface area contributed by atoms with Crippen molar-refractivity contribution in [2.24, 2.45) is 5.92 Å². The second-order valence-electron chi connectivity index (χ2n) is 5.82. The van der Waals surface area contributed by atoms with E-state index in [1.54, 1.807) is 12.1 Å². The summed E-state index contributed by atoms with van der Waals surface area (Å²) in [4.78, 5) is 0. The van der Waals surface area contributed by atoms with Gasteiger partial charge in [-0.1, -0.05) is 43.7 Å². The van der Waals surface area contributed by atoms with Gasteiger partial charge in [0.05, 0.1) is 5.60 Å². The summed E-state index contributed by atoms with van der Waals surface area (Å²) in [5.41, 5.74) is 0.216. The maximum Gasteiger partial charge on any atom is 0.205 e. The smallest absolute Gasteiger partial charge is 0.205 e. The maximum absolute atomic E-state index is 12.9. The van der Waals surface area contributed by atoms with E-state index in [9.17, 15) is 9.50 Å². The number of hydrogen-bond acceptors (Lipinski definition) is 5. The summed E-state index contributed by atoms with van der Waals surface area (Å²) in [6.07, 6.45) is 1.54. The second-order valence-corrected chi connectivity index (χ2v) is 6.89. The van der Waals surface area contributed by atoms with Crippen LogP contribution in [0.2, 0.25) is 0 Å². The van der Waals surface area contributed by atoms with Crippen LogP contribution in [-0.2, 0) is 6.42 Å². The molecule has 1 aromatic heterocycles. The van der Waals surface area contributed by atoms with Gasteiger partial charge in [-0.05, 0) is 30.5 Å². The minimum Gasteiger partial charge on any atom is -0.388 e. The average molecular weight is 323 g/mol. The molecule has 4 nitrogen and oxygen atoms in total. The first-order chi connectivity index (χ1) is 10.4. The Bertz CT molecular complexity index is 598. The van der Waals surface area contributed by atoms with Crippen LogP contribution >= 0.6 is 11.3 Å². The third-order valence-electron chi connectivity index (χ3n) is 4.01. The fourth-order valence-corrected chi connectivity index (χ4v) is 2.81. The number of benzene rings is 1. The fourth-order valence-electron chi connectivity index (χ4n) is 2.04. The lowest BCUT2D eigenvalue weighted by molar-refractivity contribution is 0.0175. The van der Waals surface area contributed by atoms with Gasteiger partial charge in [-0.3, -0.25) is 0 Å². The molecule has 0 bridgehead atoms. The molecule has 2 rings (SSSR count). The Morgan fingerprint density at radius 2 is 2.00 bits per heavy atom. The van der Waals surface area contributed by atoms with E-state index in [2.05, 4.69) is 22.4 Å². The van der Waals surface area contributed by atoms with Crippen LogP contribution in [0.4, 0.5) is 9.52 Å². The van der Waals surface area contributed by atoms with Crippen LogP contribution in [0.25, 0.3) is 0 Å². The molecule has 2 N–H and O–H groups in total. The molecule has 2 atom stereocenters. The average Bonchev–Trinajstić information content (AvgIpc) is 2.94. The van der Waals surface area contributed by atoms with E-state index in [1.165, 1.54) is 23.5 Å². The van der Waals surface area contributed by atoms with Crippen molar-refractivity contribution >= 4 is 16.5 Å². The minimum atomic E-state index is -0.780. The molecule has 0 amide bonds. The van der Waals surface area contributed by atoms with Gasteiger partial charge in [0, 0.05) is 13.0 Å². The van der Waals surface area contributed by atoms with Crippen molar-refractivity contribution in [1.82, 2.24) is 10.2 Å². The van der Waals surface area contributed by atoms with Crippen LogP contribution in [-0.4, -0.2) is 27.4 Å². The van der Waals surface area contributed by atoms with E-state index in [1.807, 2.05) is 13.8 Å². The van der Waals surface area contributed by atoms with Gasteiger partial charge in [-0.2, -0.15) is 0 Å². The van der Waals surface area contributed by atoms with Crippen LogP contribution in [0.1, 0.15) is 37.8 Å². The quantitative estimate of drug-likeness (QED) is 0.819. The summed E-state index contributed by atoms with van der Waals surface area (Å²) in [5.74, 6) is -0.0396. The molecular weight excluding hydrogens is 301 g/mol. The summed E-state index contributed by atoms with van der Waals surface area (Å²) >= 11 is 1.45. The topological polar surface area (TPSA) is 58.0 Å². The number of aromatic nitrogens is 2. The predicted octanol–water partition coefficient (Wildman–Crippen LogP) is 3.48. The highest BCUT2D eigenvalue weighted by molar-refractivity contribution is 7.15. The molecule has 0 aliphatic carbocycles. The predicted molar refractivity (Wildman–Crippen MR) is 87.7 cm³/mol. The lowest BCUT2D eigenvalue weighted by Gasteiger charge is -2.29. The second kappa shape index (κ2) is 7.15. The molecule has 0 radical (unpaired) electrons. The highest BCUT2D eigenvalue weighted by Crippen LogP contribution is 2.23. The van der Waals surface area contributed by atoms with Gasteiger partial charge in [0.25, 0.3) is 0 Å². The van der Waals surface area contributed by atoms with Gasteiger partial charge in [-0.15, -0.1) is 10.2 Å². The van der Waals surface area contributed by atoms with Crippen LogP contribution < -0.4 is 5.32 Å². The van der Waals surface area contributed by atoms with E-state index in [0.717, 1.165) is 17.0 Å². The summed E-state index contributed by atoms with van der Waals surface area (Å²) in [5, 5.41) is 23.3. The van der Waals surface area contributed by atoms with Gasteiger partial charge in [0.1, 0.15) is 10.8 Å². The zero-order valence-corrected chi connectivity index (χ0v) is 14.0. The molecule has 1 heterocycles. The molecule has 120 valence electrons. The summed E-state index contributed by atoms with van der Waals surface area (Å²) in [6, 6.07) is 6.38. The van der Waals surface area contributed by atoms with Crippen molar-refractivity contribution in [2.45, 2.75) is 39.2 Å². The van der Waals surface area contributed by atoms with Crippen molar-refractivity contribution in [3.8, 4) is 0 Å². The molecule has 0 saturated heterocycles. The Morgan fingerprint density at radius 1 is 1.32 bits per heavy atom. The Balaban J connectivity index is 1.93. The van der Waals surface area contributed by atoms with E-state index >= 15 is 0 Å². The van der Waals surface area contributed by atoms with Gasteiger partial charge >= 0.3 is 0 Å². The number of halogens is 1. The summed E-state index contributed by atoms with van der Waals surface area (Å²) in [6.45, 7) is 6.36. The van der Waals surface area contributed by atoms with Crippen molar-refractivity contribution in [2.75, 3.05) is 11.9 Å². The molecule has 0 fully saturated rings. The largest absolute Gasteiger partial charge is 0.388 e. The Labute approximate surface area is 134 Å². The van der Waals surface area contributed by atoms with Gasteiger partial charge in [-0.25, -0.2) is 4.39 Å². The molecule has 0 spiro atoms. The minimum absolute atomic E-state index is 0.201. The maximum atomic E-state index is 12.9. The highest BCUT2D eigenvalue weighted by atomic mass is 32.1. The molecule has 0 aliphatic rings. The number of rotatable bonds is 7. The first kappa shape index (κ1) is 16.8. The molecule has 0 aliphatic heterocycles. The first-order valence-electron chi connectivity index (χ1n) is 7.44. The van der Waals surface area contributed by atoms with Crippen LogP contribution in [0, 0.1) is 11.7 Å².